The quantitative estimate of drug-likeness (QED) is 0.124. The van der Waals surface area contributed by atoms with Crippen LogP contribution in [0, 0.1) is 5.82 Å². The molecule has 13 N–H and O–H groups in total. The predicted molar refractivity (Wildman–Crippen MR) is 142 cm³/mol. The third-order valence-corrected chi connectivity index (χ3v) is 6.86. The Bertz CT molecular complexity index is 1270. The number of aliphatic hydroxyl groups excluding tert-OH is 9. The monoisotopic (exact) mass is 722 g/mol. The Kier molecular flexibility index (Phi) is 15.2. The molecule has 3 fully saturated rings. The number of aliphatic carboxylic acids is 3. The number of nitrogens with one attached hydrogen (secondary N) is 1. The lowest BCUT2D eigenvalue weighted by Crippen LogP contribution is -2.61. The first-order valence-electron chi connectivity index (χ1n) is 13.5. The van der Waals surface area contributed by atoms with E-state index in [1.54, 1.807) is 0 Å². The number of carbonyl (C=O) groups is 3. The van der Waals surface area contributed by atoms with E-state index in [9.17, 15) is 69.5 Å². The number of H-pyrrole nitrogens is 1. The summed E-state index contributed by atoms with van der Waals surface area (Å²) in [6.07, 6.45) is -23.8. The number of hydrogen-bond donors (Lipinski definition) is 13. The van der Waals surface area contributed by atoms with E-state index in [-0.39, 0.29) is 0 Å². The lowest BCUT2D eigenvalue weighted by Gasteiger charge is -2.37. The zero-order valence-electron chi connectivity index (χ0n) is 25.0. The first-order valence-corrected chi connectivity index (χ1v) is 13.5. The molecule has 1 aromatic heterocycles. The van der Waals surface area contributed by atoms with Crippen molar-refractivity contribution in [2.45, 2.75) is 92.1 Å². The summed E-state index contributed by atoms with van der Waals surface area (Å²) in [5.74, 6) is -5.62. The Labute approximate surface area is 271 Å². The standard InChI is InChI=1S/C10H11FN2O8.2C7H12O7/c11-2-1-12-10(13-7(2)17)21-9-5(16)3(14)4(15)6(20-9)8(18)19;2*1-13-7-4(10)2(8)3(9)5(14-7)6(11)12/h1,3-6,9,14-16H,(H,18,19)(H,12,13,17);2*2-5,7-10H,1H3,(H,11,12). The van der Waals surface area contributed by atoms with E-state index in [1.165, 1.54) is 14.2 Å². The summed E-state index contributed by atoms with van der Waals surface area (Å²) in [6, 6.07) is -0.557. The van der Waals surface area contributed by atoms with Crippen LogP contribution in [0.5, 0.6) is 6.01 Å². The Balaban J connectivity index is 0.000000264. The van der Waals surface area contributed by atoms with Crippen molar-refractivity contribution in [3.05, 3.63) is 22.4 Å². The lowest BCUT2D eigenvalue weighted by atomic mass is 9.99. The Morgan fingerprint density at radius 1 is 0.633 bits per heavy atom. The van der Waals surface area contributed by atoms with Gasteiger partial charge in [-0.15, -0.1) is 0 Å². The smallest absolute Gasteiger partial charge is 0.335 e. The van der Waals surface area contributed by atoms with Gasteiger partial charge in [0, 0.05) is 14.2 Å². The minimum atomic E-state index is -1.88. The molecule has 15 atom stereocenters. The highest BCUT2D eigenvalue weighted by Crippen LogP contribution is 2.24. The maximum absolute atomic E-state index is 12.7. The van der Waals surface area contributed by atoms with Crippen LogP contribution in [0.15, 0.2) is 11.0 Å². The highest BCUT2D eigenvalue weighted by atomic mass is 19.1. The molecule has 0 amide bonds. The van der Waals surface area contributed by atoms with Gasteiger partial charge in [-0.05, 0) is 0 Å². The van der Waals surface area contributed by atoms with Crippen LogP contribution in [0.25, 0.3) is 0 Å². The summed E-state index contributed by atoms with van der Waals surface area (Å²) in [7, 11) is 2.38. The lowest BCUT2D eigenvalue weighted by molar-refractivity contribution is -0.287. The molecule has 24 nitrogen and oxygen atoms in total. The molecule has 0 bridgehead atoms. The molecule has 0 aromatic carbocycles. The second kappa shape index (κ2) is 17.9. The first-order chi connectivity index (χ1) is 22.8. The zero-order chi connectivity index (χ0) is 37.5. The molecule has 3 aliphatic heterocycles. The average Bonchev–Trinajstić information content (AvgIpc) is 3.05. The van der Waals surface area contributed by atoms with Crippen LogP contribution in [-0.2, 0) is 38.1 Å². The fraction of sp³-hybridized carbons (Fsp3) is 0.708. The fourth-order valence-electron chi connectivity index (χ4n) is 4.18. The normalized spacial score (nSPS) is 38.9. The van der Waals surface area contributed by atoms with E-state index in [1.807, 2.05) is 4.98 Å². The largest absolute Gasteiger partial charge is 0.479 e. The van der Waals surface area contributed by atoms with Gasteiger partial charge in [-0.1, -0.05) is 0 Å². The highest BCUT2D eigenvalue weighted by molar-refractivity contribution is 5.74. The topological polar surface area (TPSA) is 395 Å². The minimum absolute atomic E-state index is 0.545. The molecule has 3 aliphatic rings. The summed E-state index contributed by atoms with van der Waals surface area (Å²) in [6.45, 7) is 0. The van der Waals surface area contributed by atoms with Gasteiger partial charge >= 0.3 is 17.9 Å². The van der Waals surface area contributed by atoms with Gasteiger partial charge in [0.15, 0.2) is 30.9 Å². The molecule has 0 radical (unpaired) electrons. The van der Waals surface area contributed by atoms with Crippen molar-refractivity contribution in [3.63, 3.8) is 0 Å². The number of ether oxygens (including phenoxy) is 6. The van der Waals surface area contributed by atoms with Gasteiger partial charge in [0.1, 0.15) is 54.9 Å². The molecule has 280 valence electrons. The Morgan fingerprint density at radius 3 is 1.27 bits per heavy atom. The second-order valence-electron chi connectivity index (χ2n) is 10.2. The van der Waals surface area contributed by atoms with Crippen molar-refractivity contribution < 1.29 is 108 Å². The van der Waals surface area contributed by atoms with E-state index in [0.29, 0.717) is 6.20 Å². The van der Waals surface area contributed by atoms with E-state index in [4.69, 9.17) is 34.3 Å². The van der Waals surface area contributed by atoms with Gasteiger partial charge < -0.3 is 89.7 Å². The van der Waals surface area contributed by atoms with Crippen LogP contribution >= 0.6 is 0 Å². The molecule has 15 unspecified atom stereocenters. The molecule has 3 saturated heterocycles. The minimum Gasteiger partial charge on any atom is -0.479 e. The fourth-order valence-corrected chi connectivity index (χ4v) is 4.18. The molecule has 0 aliphatic carbocycles. The average molecular weight is 723 g/mol. The Morgan fingerprint density at radius 2 is 0.959 bits per heavy atom. The zero-order valence-corrected chi connectivity index (χ0v) is 25.0. The maximum Gasteiger partial charge on any atom is 0.335 e. The maximum atomic E-state index is 12.7. The summed E-state index contributed by atoms with van der Waals surface area (Å²) >= 11 is 0. The van der Waals surface area contributed by atoms with E-state index in [2.05, 4.69) is 14.5 Å². The molecule has 49 heavy (non-hydrogen) atoms. The number of carboxylic acids is 3. The summed E-state index contributed by atoms with van der Waals surface area (Å²) in [5.41, 5.74) is -1.15. The van der Waals surface area contributed by atoms with Gasteiger partial charge in [0.05, 0.1) is 6.20 Å². The summed E-state index contributed by atoms with van der Waals surface area (Å²) in [5, 5.41) is 110. The van der Waals surface area contributed by atoms with Crippen LogP contribution in [0.1, 0.15) is 0 Å². The molecule has 1 aromatic rings. The van der Waals surface area contributed by atoms with E-state index in [0.717, 1.165) is 0 Å². The number of methoxy groups -OCH3 is 2. The van der Waals surface area contributed by atoms with Crippen LogP contribution in [0.4, 0.5) is 4.39 Å². The van der Waals surface area contributed by atoms with Crippen LogP contribution in [0.2, 0.25) is 0 Å². The van der Waals surface area contributed by atoms with Crippen molar-refractivity contribution in [2.75, 3.05) is 14.2 Å². The Hall–Kier alpha value is -3.54. The number of halogens is 1. The molecule has 4 rings (SSSR count). The third kappa shape index (κ3) is 10.0. The third-order valence-electron chi connectivity index (χ3n) is 6.86. The van der Waals surface area contributed by atoms with Crippen molar-refractivity contribution in [3.8, 4) is 6.01 Å². The first kappa shape index (κ1) is 41.6. The molecule has 25 heteroatoms. The van der Waals surface area contributed by atoms with E-state index >= 15 is 0 Å². The molecule has 4 heterocycles. The van der Waals surface area contributed by atoms with Crippen molar-refractivity contribution in [1.29, 1.82) is 0 Å². The van der Waals surface area contributed by atoms with Crippen LogP contribution < -0.4 is 10.3 Å². The van der Waals surface area contributed by atoms with Gasteiger partial charge in [-0.3, -0.25) is 9.78 Å². The van der Waals surface area contributed by atoms with Crippen molar-refractivity contribution >= 4 is 17.9 Å². The number of aliphatic hydroxyl groups is 9. The van der Waals surface area contributed by atoms with Crippen molar-refractivity contribution in [2.24, 2.45) is 0 Å². The predicted octanol–water partition coefficient (Wildman–Crippen LogP) is -7.77. The SMILES string of the molecule is COC1OC(C(=O)O)C(O)C(O)C1O.COC1OC(C(=O)O)C(O)C(O)C1O.O=C(O)C1OC(Oc2ncc(F)c(=O)[nH]2)C(O)C(O)C1O. The van der Waals surface area contributed by atoms with Gasteiger partial charge in [0.2, 0.25) is 12.1 Å². The number of hydrogen-bond acceptors (Lipinski definition) is 20. The summed E-state index contributed by atoms with van der Waals surface area (Å²) < 4.78 is 41.0. The number of carboxylic acid groups (broad SMARTS) is 3. The molecular formula is C24H35FN2O22. The molecular weight excluding hydrogens is 687 g/mol. The highest BCUT2D eigenvalue weighted by Gasteiger charge is 2.49. The van der Waals surface area contributed by atoms with Gasteiger partial charge in [-0.2, -0.15) is 4.39 Å². The number of nitrogens with zero attached hydrogens (tertiary/aromatic N) is 1. The summed E-state index contributed by atoms with van der Waals surface area (Å²) in [4.78, 5) is 48.2. The number of aromatic amines is 1. The van der Waals surface area contributed by atoms with Crippen molar-refractivity contribution in [1.82, 2.24) is 9.97 Å². The molecule has 0 spiro atoms. The molecule has 0 saturated carbocycles. The van der Waals surface area contributed by atoms with Gasteiger partial charge in [-0.25, -0.2) is 19.4 Å². The van der Waals surface area contributed by atoms with Crippen LogP contribution in [-0.4, -0.2) is 195 Å². The van der Waals surface area contributed by atoms with Crippen LogP contribution in [0.3, 0.4) is 0 Å². The number of rotatable bonds is 7. The number of aromatic nitrogens is 2. The second-order valence-corrected chi connectivity index (χ2v) is 10.2. The van der Waals surface area contributed by atoms with E-state index < -0.39 is 127 Å². The van der Waals surface area contributed by atoms with Gasteiger partial charge in [0.25, 0.3) is 11.6 Å².